The molecule has 14 heteroatoms. The highest BCUT2D eigenvalue weighted by molar-refractivity contribution is 7.95. The first kappa shape index (κ1) is 25.7. The van der Waals surface area contributed by atoms with E-state index in [-0.39, 0.29) is 15.5 Å². The molecule has 1 aromatic heterocycles. The van der Waals surface area contributed by atoms with Crippen molar-refractivity contribution in [2.75, 3.05) is 17.6 Å². The summed E-state index contributed by atoms with van der Waals surface area (Å²) in [5.74, 6) is -2.50. The zero-order valence-corrected chi connectivity index (χ0v) is 20.3. The number of sulfonamides is 1. The molecule has 0 aliphatic carbocycles. The number of hydrogen-bond donors (Lipinski definition) is 4. The number of hydrogen-bond acceptors (Lipinski definition) is 9. The molecule has 0 aliphatic rings. The highest BCUT2D eigenvalue weighted by atomic mass is 32.2. The Kier molecular flexibility index (Phi) is 7.10. The highest BCUT2D eigenvalue weighted by Crippen LogP contribution is 2.36. The molecule has 0 radical (unpaired) electrons. The standard InChI is InChI=1S/C20H20FN3O7S3/c1-10-13-8-12(21)4-6-16(13)32-20(10)34(30,31)24-15-5-3-11(7-17(15)33(2,28)29)18(26)23-19(27)14(22)9-25/h3-8,14,24-25H,9,22H2,1-2H3,(H,23,26,27)/t14-/m0/s1. The van der Waals surface area contributed by atoms with Crippen LogP contribution in [0.2, 0.25) is 0 Å². The number of benzene rings is 2. The summed E-state index contributed by atoms with van der Waals surface area (Å²) in [7, 11) is -8.32. The third-order valence-corrected chi connectivity index (χ3v) is 9.15. The van der Waals surface area contributed by atoms with Crippen LogP contribution in [0.1, 0.15) is 15.9 Å². The Bertz CT molecular complexity index is 1520. The minimum absolute atomic E-state index is 0.127. The molecule has 34 heavy (non-hydrogen) atoms. The number of imide groups is 1. The summed E-state index contributed by atoms with van der Waals surface area (Å²) in [5.41, 5.74) is 5.05. The molecule has 2 amide bonds. The molecule has 3 aromatic rings. The van der Waals surface area contributed by atoms with Crippen LogP contribution >= 0.6 is 11.3 Å². The molecule has 1 heterocycles. The molecule has 0 fully saturated rings. The van der Waals surface area contributed by atoms with Crippen molar-refractivity contribution in [1.29, 1.82) is 0 Å². The summed E-state index contributed by atoms with van der Waals surface area (Å²) in [6.07, 6.45) is 0.822. The fourth-order valence-corrected chi connectivity index (χ4v) is 6.78. The van der Waals surface area contributed by atoms with Gasteiger partial charge in [0.2, 0.25) is 5.91 Å². The zero-order valence-electron chi connectivity index (χ0n) is 17.8. The van der Waals surface area contributed by atoms with Gasteiger partial charge < -0.3 is 10.8 Å². The van der Waals surface area contributed by atoms with Gasteiger partial charge in [-0.25, -0.2) is 21.2 Å². The fourth-order valence-electron chi connectivity index (χ4n) is 3.03. The lowest BCUT2D eigenvalue weighted by molar-refractivity contribution is -0.122. The van der Waals surface area contributed by atoms with E-state index in [9.17, 15) is 30.8 Å². The van der Waals surface area contributed by atoms with Gasteiger partial charge in [-0.3, -0.25) is 19.6 Å². The minimum Gasteiger partial charge on any atom is -0.394 e. The largest absolute Gasteiger partial charge is 0.394 e. The van der Waals surface area contributed by atoms with Crippen LogP contribution < -0.4 is 15.8 Å². The summed E-state index contributed by atoms with van der Waals surface area (Å²) in [6.45, 7) is 0.796. The molecular formula is C20H20FN3O7S3. The second-order valence-corrected chi connectivity index (χ2v) is 12.3. The summed E-state index contributed by atoms with van der Waals surface area (Å²) in [5, 5.41) is 11.2. The van der Waals surface area contributed by atoms with E-state index in [1.165, 1.54) is 25.1 Å². The van der Waals surface area contributed by atoms with Crippen LogP contribution in [0, 0.1) is 12.7 Å². The van der Waals surface area contributed by atoms with Crippen LogP contribution in [0.5, 0.6) is 0 Å². The van der Waals surface area contributed by atoms with Gasteiger partial charge in [-0.2, -0.15) is 0 Å². The molecule has 0 bridgehead atoms. The third-order valence-electron chi connectivity index (χ3n) is 4.76. The quantitative estimate of drug-likeness (QED) is 0.352. The van der Waals surface area contributed by atoms with E-state index in [4.69, 9.17) is 10.8 Å². The maximum absolute atomic E-state index is 13.6. The number of rotatable bonds is 7. The Morgan fingerprint density at radius 3 is 2.44 bits per heavy atom. The number of nitrogens with one attached hydrogen (secondary N) is 2. The zero-order chi connectivity index (χ0) is 25.4. The number of thiophene rings is 1. The number of sulfone groups is 1. The molecule has 3 rings (SSSR count). The lowest BCUT2D eigenvalue weighted by atomic mass is 10.2. The molecule has 2 aromatic carbocycles. The first-order valence-electron chi connectivity index (χ1n) is 9.52. The van der Waals surface area contributed by atoms with Crippen LogP contribution in [-0.2, 0) is 24.7 Å². The molecule has 0 saturated carbocycles. The third kappa shape index (κ3) is 5.26. The summed E-state index contributed by atoms with van der Waals surface area (Å²) < 4.78 is 67.1. The molecule has 0 aliphatic heterocycles. The second-order valence-electron chi connectivity index (χ2n) is 7.35. The number of carbonyl (C=O) groups is 2. The van der Waals surface area contributed by atoms with Gasteiger partial charge in [-0.1, -0.05) is 0 Å². The van der Waals surface area contributed by atoms with Crippen LogP contribution in [0.3, 0.4) is 0 Å². The number of carbonyl (C=O) groups excluding carboxylic acids is 2. The number of aryl methyl sites for hydroxylation is 1. The van der Waals surface area contributed by atoms with E-state index in [0.29, 0.717) is 15.6 Å². The SMILES string of the molecule is Cc1c(S(=O)(=O)Nc2ccc(C(=O)NC(=O)[C@@H](N)CO)cc2S(C)(=O)=O)sc2ccc(F)cc12. The van der Waals surface area contributed by atoms with Crippen molar-refractivity contribution in [2.24, 2.45) is 5.73 Å². The van der Waals surface area contributed by atoms with Gasteiger partial charge in [0.1, 0.15) is 16.1 Å². The molecular weight excluding hydrogens is 509 g/mol. The molecule has 182 valence electrons. The Morgan fingerprint density at radius 1 is 1.15 bits per heavy atom. The van der Waals surface area contributed by atoms with E-state index in [2.05, 4.69) is 4.72 Å². The molecule has 10 nitrogen and oxygen atoms in total. The van der Waals surface area contributed by atoms with Crippen molar-refractivity contribution in [1.82, 2.24) is 5.32 Å². The van der Waals surface area contributed by atoms with Crippen LogP contribution in [-0.4, -0.2) is 52.7 Å². The van der Waals surface area contributed by atoms with Crippen molar-refractivity contribution in [3.8, 4) is 0 Å². The predicted molar refractivity (Wildman–Crippen MR) is 124 cm³/mol. The van der Waals surface area contributed by atoms with Crippen molar-refractivity contribution in [3.05, 3.63) is 53.3 Å². The van der Waals surface area contributed by atoms with Crippen LogP contribution in [0.4, 0.5) is 10.1 Å². The van der Waals surface area contributed by atoms with Gasteiger partial charge in [0.05, 0.1) is 17.2 Å². The average molecular weight is 530 g/mol. The van der Waals surface area contributed by atoms with E-state index >= 15 is 0 Å². The van der Waals surface area contributed by atoms with Gasteiger partial charge in [0.25, 0.3) is 15.9 Å². The molecule has 0 spiro atoms. The monoisotopic (exact) mass is 529 g/mol. The Labute approximate surface area is 198 Å². The Hall–Kier alpha value is -2.91. The maximum atomic E-state index is 13.6. The first-order chi connectivity index (χ1) is 15.7. The van der Waals surface area contributed by atoms with Crippen molar-refractivity contribution in [3.63, 3.8) is 0 Å². The molecule has 5 N–H and O–H groups in total. The lowest BCUT2D eigenvalue weighted by Crippen LogP contribution is -2.45. The van der Waals surface area contributed by atoms with Gasteiger partial charge in [0, 0.05) is 16.5 Å². The van der Waals surface area contributed by atoms with Gasteiger partial charge in [-0.15, -0.1) is 11.3 Å². The number of anilines is 1. The summed E-state index contributed by atoms with van der Waals surface area (Å²) >= 11 is 0.891. The van der Waals surface area contributed by atoms with E-state index in [0.717, 1.165) is 35.8 Å². The maximum Gasteiger partial charge on any atom is 0.271 e. The second kappa shape index (κ2) is 9.38. The molecule has 0 unspecified atom stereocenters. The smallest absolute Gasteiger partial charge is 0.271 e. The molecule has 0 saturated heterocycles. The topological polar surface area (TPSA) is 173 Å². The van der Waals surface area contributed by atoms with Crippen molar-refractivity contribution in [2.45, 2.75) is 22.1 Å². The lowest BCUT2D eigenvalue weighted by Gasteiger charge is -2.13. The Balaban J connectivity index is 2.01. The number of fused-ring (bicyclic) bond motifs is 1. The van der Waals surface area contributed by atoms with Gasteiger partial charge >= 0.3 is 0 Å². The average Bonchev–Trinajstić information content (AvgIpc) is 3.09. The minimum atomic E-state index is -4.29. The fraction of sp³-hybridized carbons (Fsp3) is 0.200. The summed E-state index contributed by atoms with van der Waals surface area (Å²) in [4.78, 5) is 23.5. The van der Waals surface area contributed by atoms with E-state index in [1.54, 1.807) is 0 Å². The van der Waals surface area contributed by atoms with Crippen LogP contribution in [0.25, 0.3) is 10.1 Å². The number of aliphatic hydroxyl groups is 1. The molecule has 1 atom stereocenters. The first-order valence-corrected chi connectivity index (χ1v) is 13.7. The van der Waals surface area contributed by atoms with Crippen molar-refractivity contribution < 1.29 is 35.9 Å². The van der Waals surface area contributed by atoms with E-state index < -0.39 is 55.0 Å². The predicted octanol–water partition coefficient (Wildman–Crippen LogP) is 1.13. The Morgan fingerprint density at radius 2 is 1.82 bits per heavy atom. The van der Waals surface area contributed by atoms with Crippen LogP contribution in [0.15, 0.2) is 45.5 Å². The highest BCUT2D eigenvalue weighted by Gasteiger charge is 2.26. The normalized spacial score (nSPS) is 13.0. The van der Waals surface area contributed by atoms with Crippen molar-refractivity contribution >= 4 is 58.8 Å². The number of aliphatic hydroxyl groups excluding tert-OH is 1. The number of nitrogens with two attached hydrogens (primary N) is 1. The van der Waals surface area contributed by atoms with Gasteiger partial charge in [-0.05, 0) is 54.3 Å². The van der Waals surface area contributed by atoms with E-state index in [1.807, 2.05) is 5.32 Å². The number of halogens is 1. The van der Waals surface area contributed by atoms with Gasteiger partial charge in [0.15, 0.2) is 9.84 Å². The number of amides is 2. The summed E-state index contributed by atoms with van der Waals surface area (Å²) in [6, 6.07) is 5.59.